The Labute approximate surface area is 102 Å². The largest absolute Gasteiger partial charge is 0.461 e. The number of carbonyl (C=O) groups excluding carboxylic acids is 2. The zero-order chi connectivity index (χ0) is 13.5. The highest BCUT2D eigenvalue weighted by molar-refractivity contribution is 5.92. The molecule has 0 heterocycles. The maximum absolute atomic E-state index is 11.5. The zero-order valence-corrected chi connectivity index (χ0v) is 11.1. The first-order valence-electron chi connectivity index (χ1n) is 5.67. The highest BCUT2D eigenvalue weighted by atomic mass is 16.6. The number of alkyl carbamates (subject to hydrolysis) is 1. The molecule has 0 bridgehead atoms. The van der Waals surface area contributed by atoms with E-state index in [9.17, 15) is 9.59 Å². The Morgan fingerprint density at radius 2 is 1.82 bits per heavy atom. The van der Waals surface area contributed by atoms with Crippen LogP contribution in [0.4, 0.5) is 4.79 Å². The van der Waals surface area contributed by atoms with E-state index < -0.39 is 17.7 Å². The third kappa shape index (κ3) is 7.38. The molecule has 0 radical (unpaired) electrons. The van der Waals surface area contributed by atoms with Gasteiger partial charge in [-0.05, 0) is 34.1 Å². The molecule has 0 aromatic heterocycles. The van der Waals surface area contributed by atoms with Crippen molar-refractivity contribution in [1.82, 2.24) is 5.32 Å². The highest BCUT2D eigenvalue weighted by Gasteiger charge is 2.19. The van der Waals surface area contributed by atoms with E-state index in [0.29, 0.717) is 6.42 Å². The summed E-state index contributed by atoms with van der Waals surface area (Å²) in [5.74, 6) is -0.555. The van der Waals surface area contributed by atoms with Crippen molar-refractivity contribution in [2.24, 2.45) is 0 Å². The monoisotopic (exact) mass is 243 g/mol. The van der Waals surface area contributed by atoms with Gasteiger partial charge in [0.1, 0.15) is 11.3 Å². The number of amides is 1. The quantitative estimate of drug-likeness (QED) is 0.608. The van der Waals surface area contributed by atoms with Crippen molar-refractivity contribution < 1.29 is 19.1 Å². The van der Waals surface area contributed by atoms with Gasteiger partial charge in [0, 0.05) is 0 Å². The van der Waals surface area contributed by atoms with Crippen LogP contribution < -0.4 is 5.32 Å². The maximum Gasteiger partial charge on any atom is 0.412 e. The molecular formula is C12H21NO4. The summed E-state index contributed by atoms with van der Waals surface area (Å²) in [6.07, 6.45) is 1.54. The molecule has 5 heteroatoms. The summed E-state index contributed by atoms with van der Waals surface area (Å²) in [4.78, 5) is 22.9. The van der Waals surface area contributed by atoms with Crippen molar-refractivity contribution in [3.8, 4) is 0 Å². The maximum atomic E-state index is 11.5. The Hall–Kier alpha value is -1.52. The Morgan fingerprint density at radius 3 is 2.24 bits per heavy atom. The number of nitrogens with one attached hydrogen (secondary N) is 1. The molecule has 0 spiro atoms. The number of rotatable bonds is 4. The lowest BCUT2D eigenvalue weighted by Gasteiger charge is -2.20. The molecule has 5 nitrogen and oxygen atoms in total. The molecule has 0 saturated heterocycles. The summed E-state index contributed by atoms with van der Waals surface area (Å²) in [7, 11) is 0. The van der Waals surface area contributed by atoms with E-state index >= 15 is 0 Å². The summed E-state index contributed by atoms with van der Waals surface area (Å²) in [5, 5.41) is 2.38. The number of allylic oxidation sites excluding steroid dienone is 1. The minimum Gasteiger partial charge on any atom is -0.461 e. The number of hydrogen-bond donors (Lipinski definition) is 1. The molecule has 0 aliphatic carbocycles. The average Bonchev–Trinajstić information content (AvgIpc) is 2.14. The standard InChI is InChI=1S/C12H21NO4/c1-6-8-9(10(14)16-7-2)13-11(15)17-12(3,4)5/h8H,6-7H2,1-5H3,(H,13,15)/b9-8+. The molecule has 1 N–H and O–H groups in total. The second kappa shape index (κ2) is 6.93. The fraction of sp³-hybridized carbons (Fsp3) is 0.667. The van der Waals surface area contributed by atoms with Crippen LogP contribution in [0.25, 0.3) is 0 Å². The Kier molecular flexibility index (Phi) is 6.31. The third-order valence-electron chi connectivity index (χ3n) is 1.54. The lowest BCUT2D eigenvalue weighted by Crippen LogP contribution is -2.34. The number of hydrogen-bond acceptors (Lipinski definition) is 4. The summed E-state index contributed by atoms with van der Waals surface area (Å²) >= 11 is 0. The van der Waals surface area contributed by atoms with Crippen LogP contribution in [0.5, 0.6) is 0 Å². The summed E-state index contributed by atoms with van der Waals surface area (Å²) in [6.45, 7) is 9.07. The van der Waals surface area contributed by atoms with Gasteiger partial charge in [-0.3, -0.25) is 5.32 Å². The molecule has 0 aliphatic heterocycles. The fourth-order valence-corrected chi connectivity index (χ4v) is 1.01. The van der Waals surface area contributed by atoms with E-state index in [0.717, 1.165) is 0 Å². The average molecular weight is 243 g/mol. The summed E-state index contributed by atoms with van der Waals surface area (Å²) in [6, 6.07) is 0. The number of carbonyl (C=O) groups is 2. The first kappa shape index (κ1) is 15.5. The molecule has 0 aromatic carbocycles. The molecule has 98 valence electrons. The van der Waals surface area contributed by atoms with Gasteiger partial charge in [-0.2, -0.15) is 0 Å². The molecule has 17 heavy (non-hydrogen) atoms. The first-order valence-corrected chi connectivity index (χ1v) is 5.67. The molecular weight excluding hydrogens is 222 g/mol. The zero-order valence-electron chi connectivity index (χ0n) is 11.1. The minimum atomic E-state index is -0.662. The van der Waals surface area contributed by atoms with Crippen LogP contribution in [0.2, 0.25) is 0 Å². The Bertz CT molecular complexity index is 302. The van der Waals surface area contributed by atoms with E-state index in [1.165, 1.54) is 0 Å². The van der Waals surface area contributed by atoms with Crippen LogP contribution in [0.3, 0.4) is 0 Å². The number of esters is 1. The van der Waals surface area contributed by atoms with Gasteiger partial charge in [0.2, 0.25) is 0 Å². The van der Waals surface area contributed by atoms with E-state index in [1.54, 1.807) is 33.8 Å². The molecule has 0 aromatic rings. The molecule has 1 amide bonds. The fourth-order valence-electron chi connectivity index (χ4n) is 1.01. The van der Waals surface area contributed by atoms with E-state index in [1.807, 2.05) is 6.92 Å². The van der Waals surface area contributed by atoms with Crippen LogP contribution in [0, 0.1) is 0 Å². The van der Waals surface area contributed by atoms with Gasteiger partial charge in [-0.15, -0.1) is 0 Å². The Balaban J connectivity index is 4.52. The van der Waals surface area contributed by atoms with Gasteiger partial charge in [0.05, 0.1) is 6.61 Å². The summed E-state index contributed by atoms with van der Waals surface area (Å²) < 4.78 is 9.85. The van der Waals surface area contributed by atoms with Crippen LogP contribution in [0.15, 0.2) is 11.8 Å². The Morgan fingerprint density at radius 1 is 1.24 bits per heavy atom. The van der Waals surface area contributed by atoms with Gasteiger partial charge >= 0.3 is 12.1 Å². The lowest BCUT2D eigenvalue weighted by molar-refractivity contribution is -0.139. The van der Waals surface area contributed by atoms with Gasteiger partial charge in [0.15, 0.2) is 0 Å². The van der Waals surface area contributed by atoms with E-state index in [2.05, 4.69) is 5.32 Å². The second-order valence-electron chi connectivity index (χ2n) is 4.37. The predicted octanol–water partition coefficient (Wildman–Crippen LogP) is 2.37. The van der Waals surface area contributed by atoms with Gasteiger partial charge in [0.25, 0.3) is 0 Å². The summed E-state index contributed by atoms with van der Waals surface area (Å²) in [5.41, 5.74) is -0.487. The van der Waals surface area contributed by atoms with E-state index in [-0.39, 0.29) is 12.3 Å². The first-order chi connectivity index (χ1) is 7.80. The van der Waals surface area contributed by atoms with Crippen molar-refractivity contribution in [2.45, 2.75) is 46.6 Å². The molecule has 0 rings (SSSR count). The lowest BCUT2D eigenvalue weighted by atomic mass is 10.2. The predicted molar refractivity (Wildman–Crippen MR) is 64.4 cm³/mol. The van der Waals surface area contributed by atoms with Crippen molar-refractivity contribution in [3.63, 3.8) is 0 Å². The minimum absolute atomic E-state index is 0.114. The smallest absolute Gasteiger partial charge is 0.412 e. The van der Waals surface area contributed by atoms with Crippen LogP contribution >= 0.6 is 0 Å². The molecule has 0 fully saturated rings. The van der Waals surface area contributed by atoms with Crippen LogP contribution in [-0.4, -0.2) is 24.3 Å². The molecule has 0 unspecified atom stereocenters. The van der Waals surface area contributed by atoms with Gasteiger partial charge < -0.3 is 9.47 Å². The van der Waals surface area contributed by atoms with Crippen molar-refractivity contribution in [1.29, 1.82) is 0 Å². The van der Waals surface area contributed by atoms with Crippen LogP contribution in [-0.2, 0) is 14.3 Å². The highest BCUT2D eigenvalue weighted by Crippen LogP contribution is 2.07. The van der Waals surface area contributed by atoms with Crippen molar-refractivity contribution in [3.05, 3.63) is 11.8 Å². The topological polar surface area (TPSA) is 64.6 Å². The van der Waals surface area contributed by atoms with Crippen LogP contribution in [0.1, 0.15) is 41.0 Å². The second-order valence-corrected chi connectivity index (χ2v) is 4.37. The SMILES string of the molecule is CC/C=C(/NC(=O)OC(C)(C)C)C(=O)OCC. The molecule has 0 atom stereocenters. The van der Waals surface area contributed by atoms with Gasteiger partial charge in [-0.25, -0.2) is 9.59 Å². The third-order valence-corrected chi connectivity index (χ3v) is 1.54. The van der Waals surface area contributed by atoms with Crippen molar-refractivity contribution >= 4 is 12.1 Å². The number of ether oxygens (including phenoxy) is 2. The molecule has 0 saturated carbocycles. The normalized spacial score (nSPS) is 11.9. The van der Waals surface area contributed by atoms with Gasteiger partial charge in [-0.1, -0.05) is 13.0 Å². The molecule has 0 aliphatic rings. The van der Waals surface area contributed by atoms with Crippen molar-refractivity contribution in [2.75, 3.05) is 6.61 Å². The van der Waals surface area contributed by atoms with E-state index in [4.69, 9.17) is 9.47 Å².